The molecule has 0 radical (unpaired) electrons. The first-order chi connectivity index (χ1) is 9.98. The summed E-state index contributed by atoms with van der Waals surface area (Å²) in [5.74, 6) is 0.963. The second-order valence-electron chi connectivity index (χ2n) is 7.90. The van der Waals surface area contributed by atoms with E-state index in [1.54, 1.807) is 0 Å². The summed E-state index contributed by atoms with van der Waals surface area (Å²) in [5.41, 5.74) is 0.248. The Balaban J connectivity index is 1.50. The number of carbonyl (C=O) groups is 1. The Labute approximate surface area is 129 Å². The molecule has 120 valence electrons. The van der Waals surface area contributed by atoms with Crippen LogP contribution in [0.3, 0.4) is 0 Å². The molecule has 2 unspecified atom stereocenters. The van der Waals surface area contributed by atoms with Gasteiger partial charge in [-0.25, -0.2) is 0 Å². The van der Waals surface area contributed by atoms with E-state index in [-0.39, 0.29) is 5.54 Å². The van der Waals surface area contributed by atoms with Gasteiger partial charge in [-0.1, -0.05) is 0 Å². The van der Waals surface area contributed by atoms with Crippen molar-refractivity contribution in [1.82, 2.24) is 15.1 Å². The zero-order chi connectivity index (χ0) is 15.0. The number of fused-ring (bicyclic) bond motifs is 2. The molecule has 0 spiro atoms. The lowest BCUT2D eigenvalue weighted by molar-refractivity contribution is -0.134. The summed E-state index contributed by atoms with van der Waals surface area (Å²) in [6, 6.07) is 1.37. The van der Waals surface area contributed by atoms with Gasteiger partial charge in [-0.3, -0.25) is 4.79 Å². The first kappa shape index (κ1) is 15.3. The Hall–Kier alpha value is -0.610. The molecule has 2 saturated heterocycles. The van der Waals surface area contributed by atoms with Gasteiger partial charge in [0.25, 0.3) is 0 Å². The van der Waals surface area contributed by atoms with Gasteiger partial charge in [0.15, 0.2) is 0 Å². The number of hydrogen-bond acceptors (Lipinski definition) is 3. The second-order valence-corrected chi connectivity index (χ2v) is 7.90. The van der Waals surface area contributed by atoms with Crippen LogP contribution in [0, 0.1) is 5.92 Å². The molecule has 21 heavy (non-hydrogen) atoms. The Bertz CT molecular complexity index is 379. The van der Waals surface area contributed by atoms with E-state index in [0.717, 1.165) is 13.0 Å². The Morgan fingerprint density at radius 3 is 2.24 bits per heavy atom. The predicted molar refractivity (Wildman–Crippen MR) is 85.2 cm³/mol. The molecule has 2 bridgehead atoms. The van der Waals surface area contributed by atoms with Crippen LogP contribution >= 0.6 is 0 Å². The molecular weight excluding hydrogens is 262 g/mol. The standard InChI is InChI=1S/C17H31N3O/c1-19(2)17(7-4-8-17)12-20(3)16(21)11-13-9-14-5-6-15(10-13)18-14/h13-15,18H,4-12H2,1-3H3. The van der Waals surface area contributed by atoms with Gasteiger partial charge in [-0.15, -0.1) is 0 Å². The van der Waals surface area contributed by atoms with Gasteiger partial charge in [-0.2, -0.15) is 0 Å². The molecule has 1 N–H and O–H groups in total. The highest BCUT2D eigenvalue weighted by molar-refractivity contribution is 5.76. The molecule has 4 nitrogen and oxygen atoms in total. The van der Waals surface area contributed by atoms with Crippen LogP contribution in [0.4, 0.5) is 0 Å². The summed E-state index contributed by atoms with van der Waals surface area (Å²) in [4.78, 5) is 16.9. The topological polar surface area (TPSA) is 35.6 Å². The minimum absolute atomic E-state index is 0.248. The summed E-state index contributed by atoms with van der Waals surface area (Å²) in [7, 11) is 6.31. The van der Waals surface area contributed by atoms with Crippen molar-refractivity contribution < 1.29 is 4.79 Å². The van der Waals surface area contributed by atoms with E-state index in [1.165, 1.54) is 44.9 Å². The number of hydrogen-bond donors (Lipinski definition) is 1. The van der Waals surface area contributed by atoms with Gasteiger partial charge in [0.1, 0.15) is 0 Å². The monoisotopic (exact) mass is 293 g/mol. The van der Waals surface area contributed by atoms with Crippen molar-refractivity contribution >= 4 is 5.91 Å². The maximum atomic E-state index is 12.6. The van der Waals surface area contributed by atoms with Crippen LogP contribution in [0.15, 0.2) is 0 Å². The largest absolute Gasteiger partial charge is 0.344 e. The molecule has 0 aromatic rings. The molecule has 1 saturated carbocycles. The SMILES string of the molecule is CN(CC1(N(C)C)CCC1)C(=O)CC1CC2CCC(C1)N2. The summed E-state index contributed by atoms with van der Waals surface area (Å²) in [6.07, 6.45) is 9.56. The van der Waals surface area contributed by atoms with Crippen LogP contribution in [0.2, 0.25) is 0 Å². The number of carbonyl (C=O) groups excluding carboxylic acids is 1. The molecule has 4 heteroatoms. The number of piperidine rings is 1. The number of nitrogens with one attached hydrogen (secondary N) is 1. The molecule has 0 aromatic carbocycles. The number of rotatable bonds is 5. The summed E-state index contributed by atoms with van der Waals surface area (Å²) in [5, 5.41) is 3.66. The Morgan fingerprint density at radius 2 is 1.76 bits per heavy atom. The van der Waals surface area contributed by atoms with Crippen molar-refractivity contribution in [3.8, 4) is 0 Å². The number of likely N-dealkylation sites (N-methyl/N-ethyl adjacent to an activating group) is 2. The predicted octanol–water partition coefficient (Wildman–Crippen LogP) is 1.85. The normalized spacial score (nSPS) is 33.8. The molecule has 3 rings (SSSR count). The molecular formula is C17H31N3O. The fourth-order valence-corrected chi connectivity index (χ4v) is 4.61. The lowest BCUT2D eigenvalue weighted by atomic mass is 9.75. The fourth-order valence-electron chi connectivity index (χ4n) is 4.61. The van der Waals surface area contributed by atoms with Crippen molar-refractivity contribution in [2.24, 2.45) is 5.92 Å². The summed E-state index contributed by atoms with van der Waals surface area (Å²) >= 11 is 0. The van der Waals surface area contributed by atoms with Crippen LogP contribution in [-0.4, -0.2) is 61.0 Å². The smallest absolute Gasteiger partial charge is 0.222 e. The highest BCUT2D eigenvalue weighted by Crippen LogP contribution is 2.37. The van der Waals surface area contributed by atoms with Gasteiger partial charge in [-0.05, 0) is 65.0 Å². The van der Waals surface area contributed by atoms with Gasteiger partial charge in [0.05, 0.1) is 0 Å². The minimum Gasteiger partial charge on any atom is -0.344 e. The average molecular weight is 293 g/mol. The molecule has 0 aromatic heterocycles. The van der Waals surface area contributed by atoms with Crippen LogP contribution in [0.5, 0.6) is 0 Å². The van der Waals surface area contributed by atoms with Crippen molar-refractivity contribution in [3.05, 3.63) is 0 Å². The molecule has 2 heterocycles. The maximum absolute atomic E-state index is 12.6. The Morgan fingerprint density at radius 1 is 1.14 bits per heavy atom. The molecule has 1 aliphatic carbocycles. The van der Waals surface area contributed by atoms with Crippen molar-refractivity contribution in [3.63, 3.8) is 0 Å². The molecule has 2 aliphatic heterocycles. The zero-order valence-corrected chi connectivity index (χ0v) is 13.9. The number of nitrogens with zero attached hydrogens (tertiary/aromatic N) is 2. The van der Waals surface area contributed by atoms with E-state index >= 15 is 0 Å². The van der Waals surface area contributed by atoms with E-state index in [0.29, 0.717) is 23.9 Å². The van der Waals surface area contributed by atoms with Gasteiger partial charge >= 0.3 is 0 Å². The molecule has 2 atom stereocenters. The van der Waals surface area contributed by atoms with E-state index < -0.39 is 0 Å². The van der Waals surface area contributed by atoms with Crippen molar-refractivity contribution in [1.29, 1.82) is 0 Å². The highest BCUT2D eigenvalue weighted by Gasteiger charge is 2.41. The van der Waals surface area contributed by atoms with Crippen molar-refractivity contribution in [2.45, 2.75) is 69.0 Å². The summed E-state index contributed by atoms with van der Waals surface area (Å²) in [6.45, 7) is 0.899. The minimum atomic E-state index is 0.248. The van der Waals surface area contributed by atoms with Crippen LogP contribution in [-0.2, 0) is 4.79 Å². The molecule has 3 fully saturated rings. The van der Waals surface area contributed by atoms with Crippen LogP contribution in [0.1, 0.15) is 51.4 Å². The van der Waals surface area contributed by atoms with E-state index in [2.05, 4.69) is 24.3 Å². The third-order valence-corrected chi connectivity index (χ3v) is 6.22. The van der Waals surface area contributed by atoms with Gasteiger partial charge in [0, 0.05) is 37.6 Å². The number of amides is 1. The molecule has 3 aliphatic rings. The zero-order valence-electron chi connectivity index (χ0n) is 13.9. The lowest BCUT2D eigenvalue weighted by Crippen LogP contribution is -2.57. The molecule has 1 amide bonds. The van der Waals surface area contributed by atoms with E-state index in [9.17, 15) is 4.79 Å². The second kappa shape index (κ2) is 5.88. The fraction of sp³-hybridized carbons (Fsp3) is 0.941. The highest BCUT2D eigenvalue weighted by atomic mass is 16.2. The lowest BCUT2D eigenvalue weighted by Gasteiger charge is -2.49. The maximum Gasteiger partial charge on any atom is 0.222 e. The van der Waals surface area contributed by atoms with Gasteiger partial charge < -0.3 is 15.1 Å². The third-order valence-electron chi connectivity index (χ3n) is 6.22. The van der Waals surface area contributed by atoms with Gasteiger partial charge in [0.2, 0.25) is 5.91 Å². The van der Waals surface area contributed by atoms with Crippen molar-refractivity contribution in [2.75, 3.05) is 27.7 Å². The average Bonchev–Trinajstić information content (AvgIpc) is 2.72. The quantitative estimate of drug-likeness (QED) is 0.840. The Kier molecular flexibility index (Phi) is 4.28. The first-order valence-electron chi connectivity index (χ1n) is 8.66. The first-order valence-corrected chi connectivity index (χ1v) is 8.66. The summed E-state index contributed by atoms with van der Waals surface area (Å²) < 4.78 is 0. The van der Waals surface area contributed by atoms with E-state index in [1.807, 2.05) is 11.9 Å². The van der Waals surface area contributed by atoms with E-state index in [4.69, 9.17) is 0 Å². The van der Waals surface area contributed by atoms with Crippen LogP contribution in [0.25, 0.3) is 0 Å². The third kappa shape index (κ3) is 3.11. The van der Waals surface area contributed by atoms with Crippen LogP contribution < -0.4 is 5.32 Å².